The third-order valence-corrected chi connectivity index (χ3v) is 1.99. The van der Waals surface area contributed by atoms with Crippen molar-refractivity contribution in [1.82, 2.24) is 4.98 Å². The zero-order chi connectivity index (χ0) is 8.10. The molecule has 0 aliphatic heterocycles. The fourth-order valence-corrected chi connectivity index (χ4v) is 1.18. The molecule has 0 saturated carbocycles. The van der Waals surface area contributed by atoms with Crippen LogP contribution in [0.3, 0.4) is 0 Å². The molecule has 3 nitrogen and oxygen atoms in total. The lowest BCUT2D eigenvalue weighted by Gasteiger charge is -2.00. The SMILES string of the molecule is OC(CF)CSc1ncco1. The van der Waals surface area contributed by atoms with Crippen LogP contribution in [0.25, 0.3) is 0 Å². The topological polar surface area (TPSA) is 46.3 Å². The molecule has 0 aromatic carbocycles. The molecule has 0 amide bonds. The number of nitrogens with zero attached hydrogens (tertiary/aromatic N) is 1. The van der Waals surface area contributed by atoms with Crippen LogP contribution >= 0.6 is 11.8 Å². The molecule has 0 aliphatic carbocycles. The van der Waals surface area contributed by atoms with E-state index in [1.54, 1.807) is 0 Å². The summed E-state index contributed by atoms with van der Waals surface area (Å²) in [5.74, 6) is 0.275. The lowest BCUT2D eigenvalue weighted by Crippen LogP contribution is -2.11. The molecule has 1 heterocycles. The Balaban J connectivity index is 2.23. The molecule has 5 heteroatoms. The van der Waals surface area contributed by atoms with Gasteiger partial charge in [0.25, 0.3) is 5.22 Å². The standard InChI is InChI=1S/C6H8FNO2S/c7-3-5(9)4-11-6-8-1-2-10-6/h1-2,5,9H,3-4H2. The van der Waals surface area contributed by atoms with Gasteiger partial charge in [-0.25, -0.2) is 9.37 Å². The molecule has 0 fully saturated rings. The van der Waals surface area contributed by atoms with Crippen LogP contribution in [-0.2, 0) is 0 Å². The second kappa shape index (κ2) is 4.35. The molecule has 62 valence electrons. The first-order chi connectivity index (χ1) is 5.33. The van der Waals surface area contributed by atoms with E-state index in [1.165, 1.54) is 24.2 Å². The van der Waals surface area contributed by atoms with Crippen LogP contribution in [0, 0.1) is 0 Å². The Hall–Kier alpha value is -0.550. The van der Waals surface area contributed by atoms with Gasteiger partial charge in [-0.05, 0) is 0 Å². The summed E-state index contributed by atoms with van der Waals surface area (Å²) in [7, 11) is 0. The molecule has 0 bridgehead atoms. The highest BCUT2D eigenvalue weighted by Gasteiger charge is 2.05. The first-order valence-corrected chi connectivity index (χ1v) is 4.08. The number of oxazole rings is 1. The van der Waals surface area contributed by atoms with Gasteiger partial charge in [-0.1, -0.05) is 11.8 Å². The number of hydrogen-bond acceptors (Lipinski definition) is 4. The van der Waals surface area contributed by atoms with E-state index in [4.69, 9.17) is 9.52 Å². The van der Waals surface area contributed by atoms with Gasteiger partial charge in [-0.2, -0.15) is 0 Å². The zero-order valence-electron chi connectivity index (χ0n) is 5.74. The van der Waals surface area contributed by atoms with Crippen LogP contribution in [0.4, 0.5) is 4.39 Å². The molecule has 0 aliphatic rings. The Morgan fingerprint density at radius 3 is 3.18 bits per heavy atom. The summed E-state index contributed by atoms with van der Waals surface area (Å²) in [6.07, 6.45) is 2.01. The maximum Gasteiger partial charge on any atom is 0.255 e. The fraction of sp³-hybridized carbons (Fsp3) is 0.500. The molecular weight excluding hydrogens is 169 g/mol. The van der Waals surface area contributed by atoms with Gasteiger partial charge >= 0.3 is 0 Å². The van der Waals surface area contributed by atoms with Crippen LogP contribution in [0.1, 0.15) is 0 Å². The summed E-state index contributed by atoms with van der Waals surface area (Å²) in [5, 5.41) is 9.25. The van der Waals surface area contributed by atoms with E-state index in [-0.39, 0.29) is 5.75 Å². The summed E-state index contributed by atoms with van der Waals surface area (Å²) in [6.45, 7) is -0.728. The highest BCUT2D eigenvalue weighted by Crippen LogP contribution is 2.15. The summed E-state index contributed by atoms with van der Waals surface area (Å²) in [4.78, 5) is 3.79. The Labute approximate surface area is 67.6 Å². The first-order valence-electron chi connectivity index (χ1n) is 3.09. The molecule has 1 unspecified atom stereocenters. The first kappa shape index (κ1) is 8.55. The van der Waals surface area contributed by atoms with Gasteiger partial charge in [-0.3, -0.25) is 0 Å². The van der Waals surface area contributed by atoms with Crippen molar-refractivity contribution >= 4 is 11.8 Å². The molecule has 11 heavy (non-hydrogen) atoms. The highest BCUT2D eigenvalue weighted by molar-refractivity contribution is 7.99. The summed E-state index contributed by atoms with van der Waals surface area (Å²) in [6, 6.07) is 0. The van der Waals surface area contributed by atoms with Gasteiger partial charge in [0, 0.05) is 5.75 Å². The van der Waals surface area contributed by atoms with E-state index in [0.717, 1.165) is 0 Å². The van der Waals surface area contributed by atoms with Gasteiger partial charge in [0.2, 0.25) is 0 Å². The van der Waals surface area contributed by atoms with Crippen LogP contribution in [0.2, 0.25) is 0 Å². The molecule has 0 radical (unpaired) electrons. The number of alkyl halides is 1. The zero-order valence-corrected chi connectivity index (χ0v) is 6.55. The van der Waals surface area contributed by atoms with Gasteiger partial charge in [0.05, 0.1) is 12.3 Å². The van der Waals surface area contributed by atoms with Gasteiger partial charge in [-0.15, -0.1) is 0 Å². The van der Waals surface area contributed by atoms with E-state index in [2.05, 4.69) is 4.98 Å². The van der Waals surface area contributed by atoms with E-state index in [9.17, 15) is 4.39 Å². The number of aromatic nitrogens is 1. The average Bonchev–Trinajstić information content (AvgIpc) is 2.52. The maximum atomic E-state index is 11.7. The lowest BCUT2D eigenvalue weighted by atomic mass is 10.5. The van der Waals surface area contributed by atoms with Crippen molar-refractivity contribution < 1.29 is 13.9 Å². The van der Waals surface area contributed by atoms with E-state index < -0.39 is 12.8 Å². The largest absolute Gasteiger partial charge is 0.440 e. The Kier molecular flexibility index (Phi) is 3.38. The van der Waals surface area contributed by atoms with Crippen LogP contribution in [0.15, 0.2) is 22.1 Å². The average molecular weight is 177 g/mol. The molecular formula is C6H8FNO2S. The van der Waals surface area contributed by atoms with Gasteiger partial charge < -0.3 is 9.52 Å². The number of hydrogen-bond donors (Lipinski definition) is 1. The van der Waals surface area contributed by atoms with Crippen LogP contribution in [-0.4, -0.2) is 28.6 Å². The normalized spacial score (nSPS) is 13.3. The third-order valence-electron chi connectivity index (χ3n) is 0.987. The minimum Gasteiger partial charge on any atom is -0.440 e. The van der Waals surface area contributed by atoms with E-state index in [0.29, 0.717) is 5.22 Å². The number of aliphatic hydroxyl groups is 1. The van der Waals surface area contributed by atoms with Crippen molar-refractivity contribution in [2.75, 3.05) is 12.4 Å². The minimum absolute atomic E-state index is 0.275. The predicted molar refractivity (Wildman–Crippen MR) is 39.2 cm³/mol. The predicted octanol–water partition coefficient (Wildman–Crippen LogP) is 1.10. The van der Waals surface area contributed by atoms with Gasteiger partial charge in [0.15, 0.2) is 0 Å². The number of rotatable bonds is 4. The molecule has 1 N–H and O–H groups in total. The summed E-state index contributed by atoms with van der Waals surface area (Å²) in [5.41, 5.74) is 0. The van der Waals surface area contributed by atoms with Crippen molar-refractivity contribution in [3.63, 3.8) is 0 Å². The van der Waals surface area contributed by atoms with Crippen molar-refractivity contribution in [1.29, 1.82) is 0 Å². The number of halogens is 1. The second-order valence-corrected chi connectivity index (χ2v) is 2.89. The summed E-state index contributed by atoms with van der Waals surface area (Å²) >= 11 is 1.19. The van der Waals surface area contributed by atoms with Crippen LogP contribution < -0.4 is 0 Å². The third kappa shape index (κ3) is 2.90. The Morgan fingerprint density at radius 2 is 2.64 bits per heavy atom. The monoisotopic (exact) mass is 177 g/mol. The minimum atomic E-state index is -0.924. The second-order valence-electron chi connectivity index (χ2n) is 1.92. The molecule has 0 saturated heterocycles. The molecule has 1 aromatic rings. The Morgan fingerprint density at radius 1 is 1.82 bits per heavy atom. The quantitative estimate of drug-likeness (QED) is 0.699. The van der Waals surface area contributed by atoms with E-state index >= 15 is 0 Å². The lowest BCUT2D eigenvalue weighted by molar-refractivity contribution is 0.162. The molecule has 0 spiro atoms. The van der Waals surface area contributed by atoms with Crippen molar-refractivity contribution in [2.45, 2.75) is 11.3 Å². The van der Waals surface area contributed by atoms with Crippen LogP contribution in [0.5, 0.6) is 0 Å². The summed E-state index contributed by atoms with van der Waals surface area (Å²) < 4.78 is 16.5. The Bertz CT molecular complexity index is 192. The molecule has 1 aromatic heterocycles. The number of aliphatic hydroxyl groups excluding tert-OH is 1. The molecule has 1 atom stereocenters. The molecule has 1 rings (SSSR count). The van der Waals surface area contributed by atoms with Crippen molar-refractivity contribution in [3.05, 3.63) is 12.5 Å². The maximum absolute atomic E-state index is 11.7. The van der Waals surface area contributed by atoms with Crippen molar-refractivity contribution in [3.8, 4) is 0 Å². The van der Waals surface area contributed by atoms with E-state index in [1.807, 2.05) is 0 Å². The fourth-order valence-electron chi connectivity index (χ4n) is 0.494. The smallest absolute Gasteiger partial charge is 0.255 e. The number of thioether (sulfide) groups is 1. The van der Waals surface area contributed by atoms with Gasteiger partial charge in [0.1, 0.15) is 12.9 Å². The van der Waals surface area contributed by atoms with Crippen molar-refractivity contribution in [2.24, 2.45) is 0 Å². The highest BCUT2D eigenvalue weighted by atomic mass is 32.2.